The van der Waals surface area contributed by atoms with E-state index in [1.807, 2.05) is 30.6 Å². The molecule has 0 unspecified atom stereocenters. The van der Waals surface area contributed by atoms with Gasteiger partial charge in [0.15, 0.2) is 5.65 Å². The quantitative estimate of drug-likeness (QED) is 0.731. The number of hydrogen-bond acceptors (Lipinski definition) is 4. The Labute approximate surface area is 162 Å². The molecule has 27 heavy (non-hydrogen) atoms. The molecule has 1 amide bonds. The predicted molar refractivity (Wildman–Crippen MR) is 104 cm³/mol. The number of pyridine rings is 1. The van der Waals surface area contributed by atoms with Crippen LogP contribution < -0.4 is 5.32 Å². The van der Waals surface area contributed by atoms with E-state index in [9.17, 15) is 4.79 Å². The zero-order valence-corrected chi connectivity index (χ0v) is 15.7. The molecule has 1 aliphatic heterocycles. The monoisotopic (exact) mass is 384 g/mol. The molecule has 0 spiro atoms. The Morgan fingerprint density at radius 1 is 1.26 bits per heavy atom. The highest BCUT2D eigenvalue weighted by Crippen LogP contribution is 2.24. The molecule has 1 aliphatic rings. The zero-order valence-electron chi connectivity index (χ0n) is 14.9. The number of aromatic nitrogens is 3. The standard InChI is InChI=1S/C20H21ClN4O2/c21-17-4-2-1-3-14(17)5-8-22-20(26)15-11-18-19(23-12-15)25(13-24-18)16-6-9-27-10-7-16/h1-4,11-13,16H,5-10H2,(H,22,26). The molecule has 0 radical (unpaired) electrons. The first-order valence-electron chi connectivity index (χ1n) is 9.14. The van der Waals surface area contributed by atoms with Crippen molar-refractivity contribution in [1.82, 2.24) is 19.9 Å². The Morgan fingerprint density at radius 2 is 2.07 bits per heavy atom. The minimum atomic E-state index is -0.155. The minimum Gasteiger partial charge on any atom is -0.381 e. The Hall–Kier alpha value is -2.44. The van der Waals surface area contributed by atoms with E-state index in [4.69, 9.17) is 16.3 Å². The van der Waals surface area contributed by atoms with Crippen LogP contribution in [-0.2, 0) is 11.2 Å². The summed E-state index contributed by atoms with van der Waals surface area (Å²) < 4.78 is 7.52. The molecule has 4 rings (SSSR count). The summed E-state index contributed by atoms with van der Waals surface area (Å²) in [6.45, 7) is 2.03. The van der Waals surface area contributed by atoms with Gasteiger partial charge < -0.3 is 14.6 Å². The largest absolute Gasteiger partial charge is 0.381 e. The van der Waals surface area contributed by atoms with E-state index in [0.717, 1.165) is 42.8 Å². The SMILES string of the molecule is O=C(NCCc1ccccc1Cl)c1cnc2c(c1)ncn2C1CCOCC1. The Bertz CT molecular complexity index is 950. The van der Waals surface area contributed by atoms with Gasteiger partial charge in [0.25, 0.3) is 5.91 Å². The van der Waals surface area contributed by atoms with Gasteiger partial charge in [-0.2, -0.15) is 0 Å². The van der Waals surface area contributed by atoms with E-state index in [2.05, 4.69) is 19.9 Å². The smallest absolute Gasteiger partial charge is 0.252 e. The van der Waals surface area contributed by atoms with E-state index in [1.54, 1.807) is 12.3 Å². The zero-order chi connectivity index (χ0) is 18.6. The number of hydrogen-bond donors (Lipinski definition) is 1. The highest BCUT2D eigenvalue weighted by atomic mass is 35.5. The molecule has 0 aliphatic carbocycles. The van der Waals surface area contributed by atoms with Gasteiger partial charge in [0.1, 0.15) is 5.52 Å². The second-order valence-corrected chi connectivity index (χ2v) is 7.07. The first-order chi connectivity index (χ1) is 13.2. The lowest BCUT2D eigenvalue weighted by molar-refractivity contribution is 0.0704. The molecule has 6 nitrogen and oxygen atoms in total. The van der Waals surface area contributed by atoms with Crippen molar-refractivity contribution in [2.24, 2.45) is 0 Å². The van der Waals surface area contributed by atoms with E-state index in [0.29, 0.717) is 29.6 Å². The third-order valence-corrected chi connectivity index (χ3v) is 5.27. The summed E-state index contributed by atoms with van der Waals surface area (Å²) in [7, 11) is 0. The molecule has 140 valence electrons. The fourth-order valence-electron chi connectivity index (χ4n) is 3.39. The summed E-state index contributed by atoms with van der Waals surface area (Å²) in [5.41, 5.74) is 3.08. The Balaban J connectivity index is 1.42. The molecule has 1 fully saturated rings. The van der Waals surface area contributed by atoms with Crippen LogP contribution >= 0.6 is 11.6 Å². The summed E-state index contributed by atoms with van der Waals surface area (Å²) in [5.74, 6) is -0.155. The number of benzene rings is 1. The Kier molecular flexibility index (Phi) is 5.36. The van der Waals surface area contributed by atoms with Gasteiger partial charge in [0.2, 0.25) is 0 Å². The fraction of sp³-hybridized carbons (Fsp3) is 0.350. The summed E-state index contributed by atoms with van der Waals surface area (Å²) >= 11 is 6.15. The van der Waals surface area contributed by atoms with Crippen molar-refractivity contribution >= 4 is 28.7 Å². The number of nitrogens with one attached hydrogen (secondary N) is 1. The fourth-order valence-corrected chi connectivity index (χ4v) is 3.62. The average Bonchev–Trinajstić information content (AvgIpc) is 3.13. The van der Waals surface area contributed by atoms with E-state index >= 15 is 0 Å². The summed E-state index contributed by atoms with van der Waals surface area (Å²) in [4.78, 5) is 21.4. The first-order valence-corrected chi connectivity index (χ1v) is 9.52. The minimum absolute atomic E-state index is 0.155. The molecule has 1 N–H and O–H groups in total. The highest BCUT2D eigenvalue weighted by Gasteiger charge is 2.19. The highest BCUT2D eigenvalue weighted by molar-refractivity contribution is 6.31. The van der Waals surface area contributed by atoms with Crippen LogP contribution in [0.2, 0.25) is 5.02 Å². The van der Waals surface area contributed by atoms with Gasteiger partial charge in [-0.05, 0) is 37.0 Å². The third kappa shape index (κ3) is 3.96. The number of amides is 1. The van der Waals surface area contributed by atoms with Crippen LogP contribution in [0.15, 0.2) is 42.9 Å². The molecular formula is C20H21ClN4O2. The van der Waals surface area contributed by atoms with Crippen LogP contribution in [0.4, 0.5) is 0 Å². The van der Waals surface area contributed by atoms with Crippen LogP contribution in [-0.4, -0.2) is 40.2 Å². The van der Waals surface area contributed by atoms with Crippen LogP contribution in [0.3, 0.4) is 0 Å². The first kappa shape index (κ1) is 17.9. The Morgan fingerprint density at radius 3 is 2.89 bits per heavy atom. The van der Waals surface area contributed by atoms with Crippen molar-refractivity contribution in [3.05, 3.63) is 59.0 Å². The van der Waals surface area contributed by atoms with Crippen molar-refractivity contribution < 1.29 is 9.53 Å². The van der Waals surface area contributed by atoms with E-state index in [-0.39, 0.29) is 5.91 Å². The lowest BCUT2D eigenvalue weighted by Gasteiger charge is -2.23. The molecule has 1 aromatic carbocycles. The maximum Gasteiger partial charge on any atom is 0.252 e. The van der Waals surface area contributed by atoms with E-state index < -0.39 is 0 Å². The van der Waals surface area contributed by atoms with Crippen LogP contribution in [0.25, 0.3) is 11.2 Å². The molecule has 3 heterocycles. The van der Waals surface area contributed by atoms with Crippen molar-refractivity contribution in [1.29, 1.82) is 0 Å². The summed E-state index contributed by atoms with van der Waals surface area (Å²) in [6.07, 6.45) is 6.02. The molecule has 1 saturated heterocycles. The molecule has 2 aromatic heterocycles. The normalized spacial score (nSPS) is 15.1. The van der Waals surface area contributed by atoms with Crippen LogP contribution in [0.5, 0.6) is 0 Å². The van der Waals surface area contributed by atoms with Crippen molar-refractivity contribution in [3.8, 4) is 0 Å². The van der Waals surface area contributed by atoms with Gasteiger partial charge in [0, 0.05) is 37.0 Å². The lowest BCUT2D eigenvalue weighted by atomic mass is 10.1. The second kappa shape index (κ2) is 8.06. The predicted octanol–water partition coefficient (Wildman–Crippen LogP) is 3.41. The number of carbonyl (C=O) groups excluding carboxylic acids is 1. The van der Waals surface area contributed by atoms with Crippen molar-refractivity contribution in [2.75, 3.05) is 19.8 Å². The van der Waals surface area contributed by atoms with Gasteiger partial charge in [-0.3, -0.25) is 4.79 Å². The maximum atomic E-state index is 12.4. The average molecular weight is 385 g/mol. The number of fused-ring (bicyclic) bond motifs is 1. The van der Waals surface area contributed by atoms with E-state index in [1.165, 1.54) is 0 Å². The number of nitrogens with zero attached hydrogens (tertiary/aromatic N) is 3. The molecular weight excluding hydrogens is 364 g/mol. The molecule has 3 aromatic rings. The number of rotatable bonds is 5. The van der Waals surface area contributed by atoms with Gasteiger partial charge in [0.05, 0.1) is 11.9 Å². The van der Waals surface area contributed by atoms with Crippen molar-refractivity contribution in [3.63, 3.8) is 0 Å². The van der Waals surface area contributed by atoms with Gasteiger partial charge in [-0.15, -0.1) is 0 Å². The number of halogens is 1. The summed E-state index contributed by atoms with van der Waals surface area (Å²) in [6, 6.07) is 9.80. The molecule has 0 atom stereocenters. The molecule has 0 saturated carbocycles. The number of carbonyl (C=O) groups is 1. The second-order valence-electron chi connectivity index (χ2n) is 6.66. The van der Waals surface area contributed by atoms with Gasteiger partial charge in [-0.25, -0.2) is 9.97 Å². The van der Waals surface area contributed by atoms with Crippen LogP contribution in [0.1, 0.15) is 34.8 Å². The maximum absolute atomic E-state index is 12.4. The van der Waals surface area contributed by atoms with Gasteiger partial charge >= 0.3 is 0 Å². The topological polar surface area (TPSA) is 69.0 Å². The van der Waals surface area contributed by atoms with Crippen LogP contribution in [0, 0.1) is 0 Å². The van der Waals surface area contributed by atoms with Gasteiger partial charge in [-0.1, -0.05) is 29.8 Å². The number of ether oxygens (including phenoxy) is 1. The molecule has 0 bridgehead atoms. The van der Waals surface area contributed by atoms with Crippen molar-refractivity contribution in [2.45, 2.75) is 25.3 Å². The molecule has 7 heteroatoms. The third-order valence-electron chi connectivity index (χ3n) is 4.90. The lowest BCUT2D eigenvalue weighted by Crippen LogP contribution is -2.26. The summed E-state index contributed by atoms with van der Waals surface area (Å²) in [5, 5.41) is 3.64. The number of imidazole rings is 1.